The van der Waals surface area contributed by atoms with Crippen molar-refractivity contribution in [2.75, 3.05) is 19.8 Å². The maximum absolute atomic E-state index is 12.4. The molecule has 0 spiro atoms. The van der Waals surface area contributed by atoms with Crippen molar-refractivity contribution in [3.63, 3.8) is 0 Å². The third-order valence-electron chi connectivity index (χ3n) is 3.41. The second kappa shape index (κ2) is 5.47. The first-order valence-corrected chi connectivity index (χ1v) is 6.51. The van der Waals surface area contributed by atoms with E-state index in [4.69, 9.17) is 4.74 Å². The highest BCUT2D eigenvalue weighted by atomic mass is 16.5. The van der Waals surface area contributed by atoms with Crippen LogP contribution >= 0.6 is 0 Å². The Kier molecular flexibility index (Phi) is 3.53. The lowest BCUT2D eigenvalue weighted by atomic mass is 9.99. The van der Waals surface area contributed by atoms with Crippen molar-refractivity contribution in [1.82, 2.24) is 10.3 Å². The van der Waals surface area contributed by atoms with E-state index in [9.17, 15) is 4.79 Å². The number of carbonyl (C=O) groups is 1. The van der Waals surface area contributed by atoms with Gasteiger partial charge in [-0.1, -0.05) is 18.2 Å². The fraction of sp³-hybridized carbons (Fsp3) is 0.333. The molecule has 2 heterocycles. The molecule has 1 aromatic heterocycles. The smallest absolute Gasteiger partial charge is 0.165 e. The molecule has 19 heavy (non-hydrogen) atoms. The van der Waals surface area contributed by atoms with Gasteiger partial charge in [-0.15, -0.1) is 0 Å². The number of nitrogens with one attached hydrogen (secondary N) is 1. The molecule has 1 atom stereocenters. The SMILES string of the molecule is O=C(CC1COCCN1)c1cccc2ccncc12. The summed E-state index contributed by atoms with van der Waals surface area (Å²) in [5.41, 5.74) is 0.748. The third kappa shape index (κ3) is 2.64. The zero-order valence-electron chi connectivity index (χ0n) is 10.6. The van der Waals surface area contributed by atoms with Gasteiger partial charge in [-0.3, -0.25) is 9.78 Å². The van der Waals surface area contributed by atoms with Crippen LogP contribution in [0.2, 0.25) is 0 Å². The van der Waals surface area contributed by atoms with Gasteiger partial charge in [-0.2, -0.15) is 0 Å². The number of ketones is 1. The fourth-order valence-corrected chi connectivity index (χ4v) is 2.44. The fourth-order valence-electron chi connectivity index (χ4n) is 2.44. The zero-order chi connectivity index (χ0) is 13.1. The Hall–Kier alpha value is -1.78. The molecule has 0 bridgehead atoms. The molecule has 4 heteroatoms. The molecule has 0 aliphatic carbocycles. The number of ether oxygens (including phenoxy) is 1. The van der Waals surface area contributed by atoms with Gasteiger partial charge >= 0.3 is 0 Å². The van der Waals surface area contributed by atoms with Gasteiger partial charge in [-0.05, 0) is 11.5 Å². The van der Waals surface area contributed by atoms with E-state index >= 15 is 0 Å². The first-order chi connectivity index (χ1) is 9.34. The van der Waals surface area contributed by atoms with E-state index < -0.39 is 0 Å². The van der Waals surface area contributed by atoms with Crippen LogP contribution in [-0.4, -0.2) is 36.6 Å². The number of nitrogens with zero attached hydrogens (tertiary/aromatic N) is 1. The maximum atomic E-state index is 12.4. The van der Waals surface area contributed by atoms with Crippen LogP contribution in [-0.2, 0) is 4.74 Å². The summed E-state index contributed by atoms with van der Waals surface area (Å²) >= 11 is 0. The Morgan fingerprint density at radius 1 is 1.42 bits per heavy atom. The molecule has 0 radical (unpaired) electrons. The summed E-state index contributed by atoms with van der Waals surface area (Å²) in [6, 6.07) is 7.83. The molecule has 98 valence electrons. The first kappa shape index (κ1) is 12.3. The number of aromatic nitrogens is 1. The Labute approximate surface area is 111 Å². The molecule has 1 aromatic carbocycles. The van der Waals surface area contributed by atoms with Crippen LogP contribution in [0.3, 0.4) is 0 Å². The quantitative estimate of drug-likeness (QED) is 0.851. The van der Waals surface area contributed by atoms with Crippen molar-refractivity contribution >= 4 is 16.6 Å². The molecule has 0 amide bonds. The second-order valence-electron chi connectivity index (χ2n) is 4.76. The molecule has 1 fully saturated rings. The number of rotatable bonds is 3. The van der Waals surface area contributed by atoms with Crippen LogP contribution in [0.5, 0.6) is 0 Å². The highest BCUT2D eigenvalue weighted by molar-refractivity contribution is 6.08. The third-order valence-corrected chi connectivity index (χ3v) is 3.41. The van der Waals surface area contributed by atoms with Crippen molar-refractivity contribution in [2.24, 2.45) is 0 Å². The van der Waals surface area contributed by atoms with E-state index in [1.807, 2.05) is 24.3 Å². The van der Waals surface area contributed by atoms with E-state index in [0.717, 1.165) is 29.5 Å². The van der Waals surface area contributed by atoms with E-state index in [-0.39, 0.29) is 11.8 Å². The average Bonchev–Trinajstić information content (AvgIpc) is 2.47. The second-order valence-corrected chi connectivity index (χ2v) is 4.76. The molecule has 1 N–H and O–H groups in total. The average molecular weight is 256 g/mol. The van der Waals surface area contributed by atoms with Crippen LogP contribution < -0.4 is 5.32 Å². The van der Waals surface area contributed by atoms with Crippen LogP contribution in [0.25, 0.3) is 10.8 Å². The van der Waals surface area contributed by atoms with Crippen molar-refractivity contribution < 1.29 is 9.53 Å². The van der Waals surface area contributed by atoms with Gasteiger partial charge in [0.05, 0.1) is 13.2 Å². The minimum atomic E-state index is 0.119. The number of morpholine rings is 1. The lowest BCUT2D eigenvalue weighted by Crippen LogP contribution is -2.42. The van der Waals surface area contributed by atoms with Gasteiger partial charge in [0, 0.05) is 42.4 Å². The Balaban J connectivity index is 1.85. The summed E-state index contributed by atoms with van der Waals surface area (Å²) in [7, 11) is 0. The molecular weight excluding hydrogens is 240 g/mol. The predicted octanol–water partition coefficient (Wildman–Crippen LogP) is 1.80. The number of pyridine rings is 1. The first-order valence-electron chi connectivity index (χ1n) is 6.51. The monoisotopic (exact) mass is 256 g/mol. The molecule has 2 aromatic rings. The molecule has 0 saturated carbocycles. The van der Waals surface area contributed by atoms with Crippen molar-refractivity contribution in [3.8, 4) is 0 Å². The molecule has 1 unspecified atom stereocenters. The lowest BCUT2D eigenvalue weighted by Gasteiger charge is -2.23. The highest BCUT2D eigenvalue weighted by Gasteiger charge is 2.19. The van der Waals surface area contributed by atoms with Crippen LogP contribution in [0.4, 0.5) is 0 Å². The molecule has 4 nitrogen and oxygen atoms in total. The normalized spacial score (nSPS) is 19.5. The summed E-state index contributed by atoms with van der Waals surface area (Å²) in [5.74, 6) is 0.140. The number of benzene rings is 1. The van der Waals surface area contributed by atoms with Gasteiger partial charge in [0.2, 0.25) is 0 Å². The lowest BCUT2D eigenvalue weighted by molar-refractivity contribution is 0.0676. The number of fused-ring (bicyclic) bond motifs is 1. The van der Waals surface area contributed by atoms with E-state index in [2.05, 4.69) is 10.3 Å². The van der Waals surface area contributed by atoms with Crippen LogP contribution in [0.15, 0.2) is 36.7 Å². The minimum Gasteiger partial charge on any atom is -0.378 e. The summed E-state index contributed by atoms with van der Waals surface area (Å²) < 4.78 is 5.38. The van der Waals surface area contributed by atoms with Gasteiger partial charge in [0.25, 0.3) is 0 Å². The summed E-state index contributed by atoms with van der Waals surface area (Å²) in [6.07, 6.45) is 3.97. The number of hydrogen-bond acceptors (Lipinski definition) is 4. The Bertz CT molecular complexity index is 586. The van der Waals surface area contributed by atoms with E-state index in [0.29, 0.717) is 13.0 Å². The van der Waals surface area contributed by atoms with E-state index in [1.54, 1.807) is 12.4 Å². The number of carbonyl (C=O) groups excluding carboxylic acids is 1. The van der Waals surface area contributed by atoms with Gasteiger partial charge in [0.15, 0.2) is 5.78 Å². The predicted molar refractivity (Wildman–Crippen MR) is 73.3 cm³/mol. The Morgan fingerprint density at radius 2 is 2.37 bits per heavy atom. The molecule has 1 aliphatic rings. The molecular formula is C15H16N2O2. The minimum absolute atomic E-state index is 0.119. The summed E-state index contributed by atoms with van der Waals surface area (Å²) in [5, 5.41) is 5.28. The van der Waals surface area contributed by atoms with Gasteiger partial charge < -0.3 is 10.1 Å². The van der Waals surface area contributed by atoms with Crippen molar-refractivity contribution in [3.05, 3.63) is 42.2 Å². The highest BCUT2D eigenvalue weighted by Crippen LogP contribution is 2.19. The zero-order valence-corrected chi connectivity index (χ0v) is 10.6. The summed E-state index contributed by atoms with van der Waals surface area (Å²) in [6.45, 7) is 2.15. The topological polar surface area (TPSA) is 51.2 Å². The molecule has 1 aliphatic heterocycles. The van der Waals surface area contributed by atoms with Gasteiger partial charge in [0.1, 0.15) is 0 Å². The standard InChI is InChI=1S/C15H16N2O2/c18-15(8-12-10-19-7-6-17-12)13-3-1-2-11-4-5-16-9-14(11)13/h1-5,9,12,17H,6-8,10H2. The van der Waals surface area contributed by atoms with Crippen molar-refractivity contribution in [2.45, 2.75) is 12.5 Å². The van der Waals surface area contributed by atoms with Crippen LogP contribution in [0, 0.1) is 0 Å². The summed E-state index contributed by atoms with van der Waals surface area (Å²) in [4.78, 5) is 16.5. The van der Waals surface area contributed by atoms with Crippen molar-refractivity contribution in [1.29, 1.82) is 0 Å². The molecule has 1 saturated heterocycles. The largest absolute Gasteiger partial charge is 0.378 e. The van der Waals surface area contributed by atoms with Crippen LogP contribution in [0.1, 0.15) is 16.8 Å². The molecule has 3 rings (SSSR count). The maximum Gasteiger partial charge on any atom is 0.165 e. The number of Topliss-reactive ketones (excluding diaryl/α,β-unsaturated/α-hetero) is 1. The van der Waals surface area contributed by atoms with Gasteiger partial charge in [-0.25, -0.2) is 0 Å². The number of hydrogen-bond donors (Lipinski definition) is 1. The Morgan fingerprint density at radius 3 is 3.21 bits per heavy atom. The van der Waals surface area contributed by atoms with E-state index in [1.165, 1.54) is 0 Å².